The zero-order valence-corrected chi connectivity index (χ0v) is 12.1. The second-order valence-electron chi connectivity index (χ2n) is 4.64. The number of thiophene rings is 1. The molecule has 0 saturated heterocycles. The third-order valence-corrected chi connectivity index (χ3v) is 4.52. The predicted octanol–water partition coefficient (Wildman–Crippen LogP) is 3.98. The third kappa shape index (κ3) is 3.10. The standard InChI is InChI=1S/C15H21NOS/c1-4-13(10-17-3)16-11(2)15-9-12-7-5-6-8-14(12)18-15/h5-9,11,13,16H,4,10H2,1-3H3. The van der Waals surface area contributed by atoms with Crippen molar-refractivity contribution in [2.45, 2.75) is 32.4 Å². The highest BCUT2D eigenvalue weighted by Gasteiger charge is 2.13. The summed E-state index contributed by atoms with van der Waals surface area (Å²) in [5.74, 6) is 0. The summed E-state index contributed by atoms with van der Waals surface area (Å²) in [6.07, 6.45) is 1.09. The normalized spacial score (nSPS) is 14.8. The molecule has 0 spiro atoms. The van der Waals surface area contributed by atoms with Crippen LogP contribution in [0.15, 0.2) is 30.3 Å². The molecule has 2 aromatic rings. The van der Waals surface area contributed by atoms with Gasteiger partial charge in [-0.15, -0.1) is 11.3 Å². The quantitative estimate of drug-likeness (QED) is 0.851. The Morgan fingerprint density at radius 1 is 1.33 bits per heavy atom. The van der Waals surface area contributed by atoms with Crippen molar-refractivity contribution in [1.29, 1.82) is 0 Å². The smallest absolute Gasteiger partial charge is 0.0615 e. The minimum Gasteiger partial charge on any atom is -0.383 e. The Hall–Kier alpha value is -0.900. The molecule has 1 aromatic heterocycles. The molecule has 3 heteroatoms. The molecule has 2 rings (SSSR count). The van der Waals surface area contributed by atoms with Gasteiger partial charge in [-0.25, -0.2) is 0 Å². The van der Waals surface area contributed by atoms with E-state index in [-0.39, 0.29) is 0 Å². The third-order valence-electron chi connectivity index (χ3n) is 3.22. The zero-order valence-electron chi connectivity index (χ0n) is 11.3. The monoisotopic (exact) mass is 263 g/mol. The molecule has 0 aliphatic heterocycles. The van der Waals surface area contributed by atoms with E-state index in [0.29, 0.717) is 12.1 Å². The van der Waals surface area contributed by atoms with Gasteiger partial charge in [0.25, 0.3) is 0 Å². The first-order valence-electron chi connectivity index (χ1n) is 6.48. The molecule has 1 heterocycles. The first-order valence-corrected chi connectivity index (χ1v) is 7.29. The molecular formula is C15H21NOS. The van der Waals surface area contributed by atoms with Crippen LogP contribution in [0, 0.1) is 0 Å². The number of hydrogen-bond donors (Lipinski definition) is 1. The molecule has 0 aliphatic carbocycles. The van der Waals surface area contributed by atoms with E-state index in [9.17, 15) is 0 Å². The van der Waals surface area contributed by atoms with Crippen LogP contribution >= 0.6 is 11.3 Å². The number of ether oxygens (including phenoxy) is 1. The van der Waals surface area contributed by atoms with Crippen LogP contribution in [0.5, 0.6) is 0 Å². The van der Waals surface area contributed by atoms with Crippen molar-refractivity contribution in [3.63, 3.8) is 0 Å². The second kappa shape index (κ2) is 6.32. The maximum atomic E-state index is 5.23. The Morgan fingerprint density at radius 3 is 2.78 bits per heavy atom. The number of nitrogens with one attached hydrogen (secondary N) is 1. The van der Waals surface area contributed by atoms with Crippen molar-refractivity contribution < 1.29 is 4.74 Å². The Bertz CT molecular complexity index is 461. The van der Waals surface area contributed by atoms with Crippen LogP contribution in [0.25, 0.3) is 10.1 Å². The molecule has 2 unspecified atom stereocenters. The number of rotatable bonds is 6. The van der Waals surface area contributed by atoms with Crippen molar-refractivity contribution in [1.82, 2.24) is 5.32 Å². The van der Waals surface area contributed by atoms with E-state index in [1.54, 1.807) is 7.11 Å². The molecule has 0 aliphatic rings. The van der Waals surface area contributed by atoms with Crippen molar-refractivity contribution in [3.8, 4) is 0 Å². The number of methoxy groups -OCH3 is 1. The predicted molar refractivity (Wildman–Crippen MR) is 79.3 cm³/mol. The summed E-state index contributed by atoms with van der Waals surface area (Å²) in [7, 11) is 1.76. The van der Waals surface area contributed by atoms with E-state index in [4.69, 9.17) is 4.74 Å². The van der Waals surface area contributed by atoms with Gasteiger partial charge in [-0.3, -0.25) is 0 Å². The van der Waals surface area contributed by atoms with Crippen molar-refractivity contribution >= 4 is 21.4 Å². The van der Waals surface area contributed by atoms with Crippen LogP contribution in [0.3, 0.4) is 0 Å². The van der Waals surface area contributed by atoms with E-state index in [1.807, 2.05) is 11.3 Å². The van der Waals surface area contributed by atoms with Gasteiger partial charge < -0.3 is 10.1 Å². The SMILES string of the molecule is CCC(COC)NC(C)c1cc2ccccc2s1. The molecule has 0 radical (unpaired) electrons. The maximum Gasteiger partial charge on any atom is 0.0615 e. The summed E-state index contributed by atoms with van der Waals surface area (Å²) < 4.78 is 6.59. The van der Waals surface area contributed by atoms with Gasteiger partial charge in [-0.2, -0.15) is 0 Å². The minimum absolute atomic E-state index is 0.377. The average molecular weight is 263 g/mol. The van der Waals surface area contributed by atoms with E-state index in [1.165, 1.54) is 15.0 Å². The summed E-state index contributed by atoms with van der Waals surface area (Å²) in [6, 6.07) is 11.6. The van der Waals surface area contributed by atoms with Gasteiger partial charge in [0.1, 0.15) is 0 Å². The maximum absolute atomic E-state index is 5.23. The summed E-state index contributed by atoms with van der Waals surface area (Å²) in [5.41, 5.74) is 0. The van der Waals surface area contributed by atoms with Crippen molar-refractivity contribution in [2.75, 3.05) is 13.7 Å². The van der Waals surface area contributed by atoms with Gasteiger partial charge in [0.15, 0.2) is 0 Å². The number of hydrogen-bond acceptors (Lipinski definition) is 3. The molecule has 98 valence electrons. The van der Waals surface area contributed by atoms with Crippen LogP contribution in [0.2, 0.25) is 0 Å². The lowest BCUT2D eigenvalue weighted by atomic mass is 10.1. The lowest BCUT2D eigenvalue weighted by molar-refractivity contribution is 0.160. The first kappa shape index (κ1) is 13.5. The molecule has 2 nitrogen and oxygen atoms in total. The number of benzene rings is 1. The fourth-order valence-corrected chi connectivity index (χ4v) is 3.21. The van der Waals surface area contributed by atoms with Gasteiger partial charge in [-0.05, 0) is 30.9 Å². The Balaban J connectivity index is 2.10. The molecule has 0 bridgehead atoms. The van der Waals surface area contributed by atoms with E-state index < -0.39 is 0 Å². The van der Waals surface area contributed by atoms with Crippen LogP contribution < -0.4 is 5.32 Å². The van der Waals surface area contributed by atoms with Gasteiger partial charge in [0, 0.05) is 28.8 Å². The van der Waals surface area contributed by atoms with Crippen LogP contribution in [0.1, 0.15) is 31.2 Å². The van der Waals surface area contributed by atoms with E-state index in [0.717, 1.165) is 13.0 Å². The summed E-state index contributed by atoms with van der Waals surface area (Å²) in [5, 5.41) is 4.97. The van der Waals surface area contributed by atoms with Gasteiger partial charge in [0.2, 0.25) is 0 Å². The molecule has 18 heavy (non-hydrogen) atoms. The summed E-state index contributed by atoms with van der Waals surface area (Å²) in [6.45, 7) is 5.18. The molecule has 0 saturated carbocycles. The molecule has 0 amide bonds. The van der Waals surface area contributed by atoms with Crippen molar-refractivity contribution in [3.05, 3.63) is 35.2 Å². The summed E-state index contributed by atoms with van der Waals surface area (Å²) in [4.78, 5) is 1.39. The highest BCUT2D eigenvalue weighted by molar-refractivity contribution is 7.19. The van der Waals surface area contributed by atoms with Crippen LogP contribution in [-0.2, 0) is 4.74 Å². The lowest BCUT2D eigenvalue weighted by Crippen LogP contribution is -2.34. The van der Waals surface area contributed by atoms with Gasteiger partial charge >= 0.3 is 0 Å². The average Bonchev–Trinajstić information content (AvgIpc) is 2.82. The lowest BCUT2D eigenvalue weighted by Gasteiger charge is -2.20. The number of fused-ring (bicyclic) bond motifs is 1. The van der Waals surface area contributed by atoms with E-state index in [2.05, 4.69) is 49.5 Å². The van der Waals surface area contributed by atoms with E-state index >= 15 is 0 Å². The highest BCUT2D eigenvalue weighted by Crippen LogP contribution is 2.29. The molecular weight excluding hydrogens is 242 g/mol. The molecule has 0 fully saturated rings. The Labute approximate surface area is 113 Å². The van der Waals surface area contributed by atoms with Crippen LogP contribution in [0.4, 0.5) is 0 Å². The second-order valence-corrected chi connectivity index (χ2v) is 5.75. The molecule has 2 atom stereocenters. The fraction of sp³-hybridized carbons (Fsp3) is 0.467. The minimum atomic E-state index is 0.377. The summed E-state index contributed by atoms with van der Waals surface area (Å²) >= 11 is 1.87. The Morgan fingerprint density at radius 2 is 2.11 bits per heavy atom. The van der Waals surface area contributed by atoms with Gasteiger partial charge in [0.05, 0.1) is 6.61 Å². The van der Waals surface area contributed by atoms with Crippen molar-refractivity contribution in [2.24, 2.45) is 0 Å². The largest absolute Gasteiger partial charge is 0.383 e. The Kier molecular flexibility index (Phi) is 4.75. The first-order chi connectivity index (χ1) is 8.74. The zero-order chi connectivity index (χ0) is 13.0. The topological polar surface area (TPSA) is 21.3 Å². The molecule has 1 N–H and O–H groups in total. The molecule has 1 aromatic carbocycles. The van der Waals surface area contributed by atoms with Crippen LogP contribution in [-0.4, -0.2) is 19.8 Å². The fourth-order valence-electron chi connectivity index (χ4n) is 2.14. The highest BCUT2D eigenvalue weighted by atomic mass is 32.1. The van der Waals surface area contributed by atoms with Gasteiger partial charge in [-0.1, -0.05) is 25.1 Å².